The number of thiophene rings is 1. The Morgan fingerprint density at radius 1 is 1.56 bits per heavy atom. The number of nitrogens with zero attached hydrogens (tertiary/aromatic N) is 1. The SMILES string of the molecule is O=C(O)c1cc(S(=O)(=O)NCc2ccon2)cs1. The Hall–Kier alpha value is -1.71. The number of nitrogens with one attached hydrogen (secondary N) is 1. The molecule has 0 unspecified atom stereocenters. The van der Waals surface area contributed by atoms with Gasteiger partial charge in [0.2, 0.25) is 10.0 Å². The maximum atomic E-state index is 11.8. The van der Waals surface area contributed by atoms with Gasteiger partial charge >= 0.3 is 5.97 Å². The van der Waals surface area contributed by atoms with Crippen LogP contribution in [0.25, 0.3) is 0 Å². The normalized spacial score (nSPS) is 11.6. The average Bonchev–Trinajstić information content (AvgIpc) is 2.98. The van der Waals surface area contributed by atoms with Crippen LogP contribution in [0.5, 0.6) is 0 Å². The van der Waals surface area contributed by atoms with Crippen LogP contribution in [0.1, 0.15) is 15.4 Å². The van der Waals surface area contributed by atoms with Crippen LogP contribution in [0, 0.1) is 0 Å². The van der Waals surface area contributed by atoms with Crippen molar-refractivity contribution >= 4 is 27.3 Å². The second-order valence-electron chi connectivity index (χ2n) is 3.27. The third-order valence-electron chi connectivity index (χ3n) is 2.03. The molecule has 0 amide bonds. The Labute approximate surface area is 106 Å². The fraction of sp³-hybridized carbons (Fsp3) is 0.111. The Morgan fingerprint density at radius 3 is 2.89 bits per heavy atom. The Kier molecular flexibility index (Phi) is 3.45. The number of rotatable bonds is 5. The Bertz CT molecular complexity index is 644. The van der Waals surface area contributed by atoms with Crippen molar-refractivity contribution in [1.29, 1.82) is 0 Å². The summed E-state index contributed by atoms with van der Waals surface area (Å²) in [5.74, 6) is -1.15. The lowest BCUT2D eigenvalue weighted by atomic mass is 10.5. The lowest BCUT2D eigenvalue weighted by Crippen LogP contribution is -2.22. The number of carbonyl (C=O) groups is 1. The molecule has 0 radical (unpaired) electrons. The van der Waals surface area contributed by atoms with Gasteiger partial charge in [0.05, 0.1) is 17.1 Å². The van der Waals surface area contributed by atoms with Crippen molar-refractivity contribution in [3.05, 3.63) is 34.3 Å². The molecule has 0 spiro atoms. The molecule has 2 heterocycles. The number of hydrogen-bond donors (Lipinski definition) is 2. The lowest BCUT2D eigenvalue weighted by molar-refractivity contribution is 0.0702. The summed E-state index contributed by atoms with van der Waals surface area (Å²) in [6, 6.07) is 2.64. The van der Waals surface area contributed by atoms with Crippen molar-refractivity contribution in [2.24, 2.45) is 0 Å². The summed E-state index contributed by atoms with van der Waals surface area (Å²) in [4.78, 5) is 10.6. The van der Waals surface area contributed by atoms with E-state index in [1.165, 1.54) is 17.7 Å². The van der Waals surface area contributed by atoms with E-state index in [9.17, 15) is 13.2 Å². The number of sulfonamides is 1. The first-order valence-corrected chi connectivity index (χ1v) is 7.06. The van der Waals surface area contributed by atoms with Crippen LogP contribution in [0.2, 0.25) is 0 Å². The van der Waals surface area contributed by atoms with Gasteiger partial charge in [0.1, 0.15) is 11.1 Å². The highest BCUT2D eigenvalue weighted by molar-refractivity contribution is 7.89. The zero-order chi connectivity index (χ0) is 13.2. The van der Waals surface area contributed by atoms with Gasteiger partial charge in [0.15, 0.2) is 0 Å². The maximum absolute atomic E-state index is 11.8. The van der Waals surface area contributed by atoms with Crippen molar-refractivity contribution in [1.82, 2.24) is 9.88 Å². The highest BCUT2D eigenvalue weighted by atomic mass is 32.2. The molecule has 2 aromatic heterocycles. The predicted molar refractivity (Wildman–Crippen MR) is 61.8 cm³/mol. The van der Waals surface area contributed by atoms with Crippen LogP contribution in [0.15, 0.2) is 33.2 Å². The molecule has 9 heteroatoms. The van der Waals surface area contributed by atoms with Crippen molar-refractivity contribution < 1.29 is 22.8 Å². The molecule has 0 aliphatic rings. The third kappa shape index (κ3) is 2.75. The summed E-state index contributed by atoms with van der Waals surface area (Å²) in [5.41, 5.74) is 0.437. The number of aromatic nitrogens is 1. The predicted octanol–water partition coefficient (Wildman–Crippen LogP) is 0.913. The first kappa shape index (κ1) is 12.7. The Morgan fingerprint density at radius 2 is 2.33 bits per heavy atom. The van der Waals surface area contributed by atoms with Crippen molar-refractivity contribution in [3.8, 4) is 0 Å². The minimum Gasteiger partial charge on any atom is -0.477 e. The van der Waals surface area contributed by atoms with Gasteiger partial charge in [-0.25, -0.2) is 17.9 Å². The lowest BCUT2D eigenvalue weighted by Gasteiger charge is -2.01. The van der Waals surface area contributed by atoms with Crippen molar-refractivity contribution in [2.45, 2.75) is 11.4 Å². The zero-order valence-electron chi connectivity index (χ0n) is 8.86. The summed E-state index contributed by atoms with van der Waals surface area (Å²) in [6.07, 6.45) is 1.33. The molecular weight excluding hydrogens is 280 g/mol. The first-order valence-electron chi connectivity index (χ1n) is 4.70. The fourth-order valence-corrected chi connectivity index (χ4v) is 3.26. The minimum atomic E-state index is -3.73. The van der Waals surface area contributed by atoms with Gasteiger partial charge in [0, 0.05) is 11.4 Å². The first-order chi connectivity index (χ1) is 8.49. The number of carboxylic acids is 1. The summed E-state index contributed by atoms with van der Waals surface area (Å²) in [5, 5.41) is 13.5. The molecule has 0 saturated carbocycles. The molecule has 0 atom stereocenters. The second-order valence-corrected chi connectivity index (χ2v) is 5.95. The highest BCUT2D eigenvalue weighted by Crippen LogP contribution is 2.19. The zero-order valence-corrected chi connectivity index (χ0v) is 10.5. The van der Waals surface area contributed by atoms with E-state index in [2.05, 4.69) is 14.4 Å². The van der Waals surface area contributed by atoms with E-state index in [1.807, 2.05) is 0 Å². The van der Waals surface area contributed by atoms with E-state index in [1.54, 1.807) is 0 Å². The topological polar surface area (TPSA) is 110 Å². The van der Waals surface area contributed by atoms with E-state index < -0.39 is 16.0 Å². The molecule has 96 valence electrons. The van der Waals surface area contributed by atoms with Crippen LogP contribution in [0.4, 0.5) is 0 Å². The fourth-order valence-electron chi connectivity index (χ4n) is 1.15. The molecule has 2 rings (SSSR count). The molecular formula is C9H8N2O5S2. The molecule has 18 heavy (non-hydrogen) atoms. The van der Waals surface area contributed by atoms with Gasteiger partial charge in [-0.05, 0) is 6.07 Å². The maximum Gasteiger partial charge on any atom is 0.345 e. The molecule has 0 bridgehead atoms. The van der Waals surface area contributed by atoms with Gasteiger partial charge in [-0.2, -0.15) is 0 Å². The third-order valence-corrected chi connectivity index (χ3v) is 4.48. The minimum absolute atomic E-state index is 0.0168. The molecule has 0 aliphatic heterocycles. The van der Waals surface area contributed by atoms with Gasteiger partial charge in [0.25, 0.3) is 0 Å². The van der Waals surface area contributed by atoms with E-state index in [4.69, 9.17) is 5.11 Å². The van der Waals surface area contributed by atoms with E-state index in [-0.39, 0.29) is 16.3 Å². The van der Waals surface area contributed by atoms with E-state index >= 15 is 0 Å². The molecule has 0 saturated heterocycles. The largest absolute Gasteiger partial charge is 0.477 e. The average molecular weight is 288 g/mol. The van der Waals surface area contributed by atoms with Crippen molar-refractivity contribution in [3.63, 3.8) is 0 Å². The second kappa shape index (κ2) is 4.88. The molecule has 0 aromatic carbocycles. The van der Waals surface area contributed by atoms with Crippen LogP contribution in [-0.2, 0) is 16.6 Å². The Balaban J connectivity index is 2.12. The summed E-state index contributed by atoms with van der Waals surface area (Å²) >= 11 is 0.855. The monoisotopic (exact) mass is 288 g/mol. The molecule has 2 N–H and O–H groups in total. The number of carboxylic acid groups (broad SMARTS) is 1. The number of hydrogen-bond acceptors (Lipinski definition) is 6. The standard InChI is InChI=1S/C9H8N2O5S2/c12-9(13)8-3-7(5-17-8)18(14,15)10-4-6-1-2-16-11-6/h1-3,5,10H,4H2,(H,12,13). The van der Waals surface area contributed by atoms with E-state index in [0.717, 1.165) is 17.4 Å². The van der Waals surface area contributed by atoms with Gasteiger partial charge in [-0.3, -0.25) is 0 Å². The summed E-state index contributed by atoms with van der Waals surface area (Å²) < 4.78 is 30.5. The smallest absolute Gasteiger partial charge is 0.345 e. The van der Waals surface area contributed by atoms with Gasteiger partial charge in [-0.1, -0.05) is 5.16 Å². The molecule has 0 fully saturated rings. The quantitative estimate of drug-likeness (QED) is 0.846. The van der Waals surface area contributed by atoms with Gasteiger partial charge < -0.3 is 9.63 Å². The van der Waals surface area contributed by atoms with Crippen LogP contribution >= 0.6 is 11.3 Å². The van der Waals surface area contributed by atoms with Crippen LogP contribution in [-0.4, -0.2) is 24.7 Å². The highest BCUT2D eigenvalue weighted by Gasteiger charge is 2.18. The molecule has 2 aromatic rings. The molecule has 7 nitrogen and oxygen atoms in total. The molecule has 0 aliphatic carbocycles. The van der Waals surface area contributed by atoms with Gasteiger partial charge in [-0.15, -0.1) is 11.3 Å². The van der Waals surface area contributed by atoms with Crippen molar-refractivity contribution in [2.75, 3.05) is 0 Å². The van der Waals surface area contributed by atoms with Crippen LogP contribution < -0.4 is 4.72 Å². The van der Waals surface area contributed by atoms with E-state index in [0.29, 0.717) is 5.69 Å². The summed E-state index contributed by atoms with van der Waals surface area (Å²) in [6.45, 7) is -0.0168. The van der Waals surface area contributed by atoms with Crippen LogP contribution in [0.3, 0.4) is 0 Å². The number of aromatic carboxylic acids is 1. The summed E-state index contributed by atoms with van der Waals surface area (Å²) in [7, 11) is -3.73.